The highest BCUT2D eigenvalue weighted by atomic mass is 32.1. The first kappa shape index (κ1) is 18.1. The van der Waals surface area contributed by atoms with Crippen molar-refractivity contribution in [3.8, 4) is 11.5 Å². The van der Waals surface area contributed by atoms with E-state index in [0.29, 0.717) is 13.2 Å². The fourth-order valence-corrected chi connectivity index (χ4v) is 2.75. The number of aliphatic imine (C=N–C) groups is 1. The number of nitrogens with one attached hydrogen (secondary N) is 2. The molecule has 0 radical (unpaired) electrons. The van der Waals surface area contributed by atoms with Crippen LogP contribution in [0.5, 0.6) is 11.5 Å². The lowest BCUT2D eigenvalue weighted by atomic mass is 10.3. The average Bonchev–Trinajstić information content (AvgIpc) is 3.03. The van der Waals surface area contributed by atoms with Crippen LogP contribution in [0.3, 0.4) is 0 Å². The third-order valence-electron chi connectivity index (χ3n) is 3.22. The Hall–Kier alpha value is -2.28. The number of hydrogen-bond donors (Lipinski definition) is 2. The summed E-state index contributed by atoms with van der Waals surface area (Å²) in [5, 5.41) is 7.57. The molecule has 7 heteroatoms. The number of methoxy groups -OCH3 is 1. The van der Waals surface area contributed by atoms with Crippen LogP contribution in [0.2, 0.25) is 0 Å². The Balaban J connectivity index is 1.63. The van der Waals surface area contributed by atoms with Crippen molar-refractivity contribution >= 4 is 17.3 Å². The molecule has 0 aliphatic carbocycles. The van der Waals surface area contributed by atoms with Crippen molar-refractivity contribution < 1.29 is 9.47 Å². The molecule has 0 saturated carbocycles. The predicted octanol–water partition coefficient (Wildman–Crippen LogP) is 2.59. The van der Waals surface area contributed by atoms with Gasteiger partial charge in [0, 0.05) is 30.7 Å². The lowest BCUT2D eigenvalue weighted by Gasteiger charge is -2.11. The van der Waals surface area contributed by atoms with Gasteiger partial charge in [0.2, 0.25) is 0 Å². The van der Waals surface area contributed by atoms with E-state index in [-0.39, 0.29) is 0 Å². The molecule has 1 heterocycles. The van der Waals surface area contributed by atoms with Crippen molar-refractivity contribution in [2.45, 2.75) is 19.9 Å². The first-order valence-corrected chi connectivity index (χ1v) is 8.65. The van der Waals surface area contributed by atoms with Crippen molar-refractivity contribution in [2.24, 2.45) is 4.99 Å². The molecule has 0 unspecified atom stereocenters. The van der Waals surface area contributed by atoms with Crippen molar-refractivity contribution in [1.29, 1.82) is 0 Å². The van der Waals surface area contributed by atoms with Crippen LogP contribution in [0, 0.1) is 6.92 Å². The van der Waals surface area contributed by atoms with Gasteiger partial charge >= 0.3 is 0 Å². The Kier molecular flexibility index (Phi) is 7.35. The third-order valence-corrected chi connectivity index (χ3v) is 4.14. The van der Waals surface area contributed by atoms with Gasteiger partial charge in [0.15, 0.2) is 5.96 Å². The Morgan fingerprint density at radius 2 is 2.12 bits per heavy atom. The van der Waals surface area contributed by atoms with Gasteiger partial charge in [-0.2, -0.15) is 0 Å². The van der Waals surface area contributed by atoms with Crippen LogP contribution >= 0.6 is 11.3 Å². The number of rotatable bonds is 8. The summed E-state index contributed by atoms with van der Waals surface area (Å²) < 4.78 is 10.9. The highest BCUT2D eigenvalue weighted by molar-refractivity contribution is 7.11. The number of aryl methyl sites for hydroxylation is 1. The van der Waals surface area contributed by atoms with E-state index in [1.165, 1.54) is 4.88 Å². The second-order valence-corrected chi connectivity index (χ2v) is 6.42. The quantitative estimate of drug-likeness (QED) is 0.436. The Morgan fingerprint density at radius 3 is 2.83 bits per heavy atom. The fourth-order valence-electron chi connectivity index (χ4n) is 2.02. The standard InChI is InChI=1S/C17H24N4O2S/c1-13-11-20-16(24-13)12-21-17(18-2)19-8-5-9-23-15-7-4-6-14(10-15)22-3/h4,6-7,10-11H,5,8-9,12H2,1-3H3,(H2,18,19,21). The van der Waals surface area contributed by atoms with E-state index in [9.17, 15) is 0 Å². The largest absolute Gasteiger partial charge is 0.497 e. The maximum Gasteiger partial charge on any atom is 0.191 e. The highest BCUT2D eigenvalue weighted by Gasteiger charge is 2.01. The van der Waals surface area contributed by atoms with Crippen LogP contribution in [0.15, 0.2) is 35.5 Å². The SMILES string of the molecule is CN=C(NCCCOc1cccc(OC)c1)NCc1ncc(C)s1. The summed E-state index contributed by atoms with van der Waals surface area (Å²) in [6.07, 6.45) is 2.75. The van der Waals surface area contributed by atoms with Gasteiger partial charge in [0.25, 0.3) is 0 Å². The predicted molar refractivity (Wildman–Crippen MR) is 98.2 cm³/mol. The van der Waals surface area contributed by atoms with E-state index >= 15 is 0 Å². The molecule has 130 valence electrons. The number of benzene rings is 1. The topological polar surface area (TPSA) is 67.8 Å². The van der Waals surface area contributed by atoms with E-state index in [1.54, 1.807) is 25.5 Å². The molecule has 0 bridgehead atoms. The molecule has 0 aliphatic heterocycles. The summed E-state index contributed by atoms with van der Waals surface area (Å²) in [6.45, 7) is 4.14. The zero-order chi connectivity index (χ0) is 17.2. The minimum atomic E-state index is 0.628. The fraction of sp³-hybridized carbons (Fsp3) is 0.412. The molecule has 24 heavy (non-hydrogen) atoms. The summed E-state index contributed by atoms with van der Waals surface area (Å²) in [6, 6.07) is 7.61. The van der Waals surface area contributed by atoms with Gasteiger partial charge in [-0.05, 0) is 25.5 Å². The van der Waals surface area contributed by atoms with Gasteiger partial charge in [0.05, 0.1) is 20.3 Å². The minimum absolute atomic E-state index is 0.628. The van der Waals surface area contributed by atoms with Crippen LogP contribution in [-0.2, 0) is 6.54 Å². The van der Waals surface area contributed by atoms with Gasteiger partial charge < -0.3 is 20.1 Å². The molecular formula is C17H24N4O2S. The van der Waals surface area contributed by atoms with E-state index in [4.69, 9.17) is 9.47 Å². The summed E-state index contributed by atoms with van der Waals surface area (Å²) in [5.74, 6) is 2.38. The van der Waals surface area contributed by atoms with E-state index < -0.39 is 0 Å². The molecule has 0 atom stereocenters. The van der Waals surface area contributed by atoms with E-state index in [0.717, 1.165) is 35.4 Å². The van der Waals surface area contributed by atoms with Crippen LogP contribution < -0.4 is 20.1 Å². The Morgan fingerprint density at radius 1 is 1.29 bits per heavy atom. The number of guanidine groups is 1. The van der Waals surface area contributed by atoms with Gasteiger partial charge in [-0.1, -0.05) is 6.07 Å². The van der Waals surface area contributed by atoms with Crippen molar-refractivity contribution in [3.05, 3.63) is 40.3 Å². The molecule has 2 rings (SSSR count). The number of thiazole rings is 1. The van der Waals surface area contributed by atoms with Crippen LogP contribution in [0.4, 0.5) is 0 Å². The maximum absolute atomic E-state index is 5.71. The molecule has 1 aromatic heterocycles. The smallest absolute Gasteiger partial charge is 0.191 e. The van der Waals surface area contributed by atoms with Crippen molar-refractivity contribution in [1.82, 2.24) is 15.6 Å². The number of aromatic nitrogens is 1. The third kappa shape index (κ3) is 6.08. The highest BCUT2D eigenvalue weighted by Crippen LogP contribution is 2.18. The number of ether oxygens (including phenoxy) is 2. The molecule has 0 aliphatic rings. The van der Waals surface area contributed by atoms with Gasteiger partial charge in [-0.3, -0.25) is 4.99 Å². The molecule has 0 fully saturated rings. The van der Waals surface area contributed by atoms with Gasteiger partial charge in [-0.25, -0.2) is 4.98 Å². The van der Waals surface area contributed by atoms with E-state index in [1.807, 2.05) is 30.5 Å². The Bertz CT molecular complexity index is 658. The number of hydrogen-bond acceptors (Lipinski definition) is 5. The molecule has 0 spiro atoms. The van der Waals surface area contributed by atoms with Crippen molar-refractivity contribution in [2.75, 3.05) is 27.3 Å². The zero-order valence-electron chi connectivity index (χ0n) is 14.3. The molecule has 0 amide bonds. The normalized spacial score (nSPS) is 11.2. The van der Waals surface area contributed by atoms with Crippen LogP contribution in [-0.4, -0.2) is 38.3 Å². The summed E-state index contributed by atoms with van der Waals surface area (Å²) in [5.41, 5.74) is 0. The van der Waals surface area contributed by atoms with E-state index in [2.05, 4.69) is 27.5 Å². The minimum Gasteiger partial charge on any atom is -0.497 e. The average molecular weight is 348 g/mol. The van der Waals surface area contributed by atoms with Crippen LogP contribution in [0.25, 0.3) is 0 Å². The summed E-state index contributed by atoms with van der Waals surface area (Å²) in [7, 11) is 3.41. The first-order chi connectivity index (χ1) is 11.7. The lowest BCUT2D eigenvalue weighted by Crippen LogP contribution is -2.37. The van der Waals surface area contributed by atoms with Crippen molar-refractivity contribution in [3.63, 3.8) is 0 Å². The lowest BCUT2D eigenvalue weighted by molar-refractivity contribution is 0.308. The number of nitrogens with zero attached hydrogens (tertiary/aromatic N) is 2. The Labute approximate surface area is 146 Å². The molecular weight excluding hydrogens is 324 g/mol. The molecule has 0 saturated heterocycles. The second-order valence-electron chi connectivity index (χ2n) is 5.10. The molecule has 2 N–H and O–H groups in total. The van der Waals surface area contributed by atoms with Gasteiger partial charge in [0.1, 0.15) is 16.5 Å². The molecule has 6 nitrogen and oxygen atoms in total. The maximum atomic E-state index is 5.71. The van der Waals surface area contributed by atoms with Gasteiger partial charge in [-0.15, -0.1) is 11.3 Å². The second kappa shape index (κ2) is 9.77. The summed E-state index contributed by atoms with van der Waals surface area (Å²) in [4.78, 5) is 9.74. The molecule has 2 aromatic rings. The molecule has 1 aromatic carbocycles. The zero-order valence-corrected chi connectivity index (χ0v) is 15.2. The monoisotopic (exact) mass is 348 g/mol. The van der Waals surface area contributed by atoms with Crippen LogP contribution in [0.1, 0.15) is 16.3 Å². The summed E-state index contributed by atoms with van der Waals surface area (Å²) >= 11 is 1.69. The first-order valence-electron chi connectivity index (χ1n) is 7.84.